The SMILES string of the molecule is Cc1oc2cc3oc(=O)c(CCC(=O)NCCC[NH+](C)C)c(C)c3cc2c1C. The molecule has 0 saturated heterocycles. The Labute approximate surface area is 164 Å². The lowest BCUT2D eigenvalue weighted by atomic mass is 10.0. The van der Waals surface area contributed by atoms with Gasteiger partial charge in [-0.15, -0.1) is 0 Å². The highest BCUT2D eigenvalue weighted by Gasteiger charge is 2.16. The molecule has 0 unspecified atom stereocenters. The predicted molar refractivity (Wildman–Crippen MR) is 110 cm³/mol. The number of carbonyl (C=O) groups excluding carboxylic acids is 1. The summed E-state index contributed by atoms with van der Waals surface area (Å²) in [6.07, 6.45) is 1.58. The molecule has 1 amide bonds. The second kappa shape index (κ2) is 8.19. The molecular formula is C22H29N2O4+. The zero-order valence-corrected chi connectivity index (χ0v) is 17.3. The molecule has 6 nitrogen and oxygen atoms in total. The first kappa shape index (κ1) is 20.1. The van der Waals surface area contributed by atoms with E-state index in [0.29, 0.717) is 24.1 Å². The van der Waals surface area contributed by atoms with Gasteiger partial charge in [0.15, 0.2) is 0 Å². The van der Waals surface area contributed by atoms with Gasteiger partial charge in [0.25, 0.3) is 0 Å². The summed E-state index contributed by atoms with van der Waals surface area (Å²) in [5.74, 6) is 0.822. The molecule has 0 aliphatic carbocycles. The molecule has 0 saturated carbocycles. The van der Waals surface area contributed by atoms with E-state index < -0.39 is 0 Å². The molecule has 3 aromatic rings. The Morgan fingerprint density at radius 1 is 1.04 bits per heavy atom. The van der Waals surface area contributed by atoms with Crippen LogP contribution in [0, 0.1) is 20.8 Å². The average Bonchev–Trinajstić information content (AvgIpc) is 2.90. The van der Waals surface area contributed by atoms with Gasteiger partial charge in [0.05, 0.1) is 20.6 Å². The van der Waals surface area contributed by atoms with Crippen LogP contribution in [0.25, 0.3) is 21.9 Å². The van der Waals surface area contributed by atoms with Gasteiger partial charge in [-0.3, -0.25) is 4.79 Å². The van der Waals surface area contributed by atoms with Crippen molar-refractivity contribution in [2.24, 2.45) is 0 Å². The van der Waals surface area contributed by atoms with Crippen molar-refractivity contribution in [3.05, 3.63) is 45.0 Å². The van der Waals surface area contributed by atoms with Crippen molar-refractivity contribution >= 4 is 27.8 Å². The first-order chi connectivity index (χ1) is 13.3. The second-order valence-corrected chi connectivity index (χ2v) is 7.78. The largest absolute Gasteiger partial charge is 0.461 e. The highest BCUT2D eigenvalue weighted by molar-refractivity contribution is 5.96. The van der Waals surface area contributed by atoms with Gasteiger partial charge in [-0.2, -0.15) is 0 Å². The molecule has 0 radical (unpaired) electrons. The minimum absolute atomic E-state index is 0.0376. The van der Waals surface area contributed by atoms with E-state index in [1.54, 1.807) is 6.07 Å². The number of rotatable bonds is 7. The molecule has 3 rings (SSSR count). The molecule has 6 heteroatoms. The van der Waals surface area contributed by atoms with E-state index in [2.05, 4.69) is 19.4 Å². The minimum Gasteiger partial charge on any atom is -0.461 e. The number of quaternary nitrogens is 1. The van der Waals surface area contributed by atoms with Crippen molar-refractivity contribution in [2.45, 2.75) is 40.0 Å². The van der Waals surface area contributed by atoms with Gasteiger partial charge in [-0.1, -0.05) is 0 Å². The Morgan fingerprint density at radius 3 is 2.43 bits per heavy atom. The summed E-state index contributed by atoms with van der Waals surface area (Å²) in [5, 5.41) is 4.83. The minimum atomic E-state index is -0.381. The number of nitrogens with one attached hydrogen (secondary N) is 2. The normalized spacial score (nSPS) is 11.6. The Balaban J connectivity index is 1.79. The highest BCUT2D eigenvalue weighted by atomic mass is 16.4. The maximum Gasteiger partial charge on any atom is 0.339 e. The van der Waals surface area contributed by atoms with E-state index in [1.807, 2.05) is 26.8 Å². The average molecular weight is 385 g/mol. The highest BCUT2D eigenvalue weighted by Crippen LogP contribution is 2.31. The van der Waals surface area contributed by atoms with Crippen LogP contribution in [0.4, 0.5) is 0 Å². The van der Waals surface area contributed by atoms with Crippen LogP contribution in [0.2, 0.25) is 0 Å². The van der Waals surface area contributed by atoms with Gasteiger partial charge < -0.3 is 19.1 Å². The number of hydrogen-bond acceptors (Lipinski definition) is 4. The molecule has 0 atom stereocenters. The van der Waals surface area contributed by atoms with E-state index >= 15 is 0 Å². The Morgan fingerprint density at radius 2 is 1.71 bits per heavy atom. The Bertz CT molecular complexity index is 1080. The predicted octanol–water partition coefficient (Wildman–Crippen LogP) is 2.05. The number of furan rings is 1. The first-order valence-electron chi connectivity index (χ1n) is 9.79. The summed E-state index contributed by atoms with van der Waals surface area (Å²) in [7, 11) is 4.17. The monoisotopic (exact) mass is 385 g/mol. The number of fused-ring (bicyclic) bond motifs is 2. The van der Waals surface area contributed by atoms with Crippen LogP contribution < -0.4 is 15.8 Å². The van der Waals surface area contributed by atoms with Crippen LogP contribution in [0.5, 0.6) is 0 Å². The topological polar surface area (TPSA) is 76.9 Å². The van der Waals surface area contributed by atoms with Crippen molar-refractivity contribution in [2.75, 3.05) is 27.2 Å². The van der Waals surface area contributed by atoms with Crippen LogP contribution in [0.1, 0.15) is 35.3 Å². The van der Waals surface area contributed by atoms with Gasteiger partial charge >= 0.3 is 5.63 Å². The van der Waals surface area contributed by atoms with Crippen LogP contribution in [0.3, 0.4) is 0 Å². The summed E-state index contributed by atoms with van der Waals surface area (Å²) >= 11 is 0. The van der Waals surface area contributed by atoms with E-state index in [1.165, 1.54) is 4.90 Å². The van der Waals surface area contributed by atoms with Gasteiger partial charge in [0, 0.05) is 41.8 Å². The molecule has 0 fully saturated rings. The summed E-state index contributed by atoms with van der Waals surface area (Å²) in [6.45, 7) is 7.53. The molecule has 1 aromatic carbocycles. The molecule has 150 valence electrons. The number of benzene rings is 1. The lowest BCUT2D eigenvalue weighted by Gasteiger charge is -2.09. The van der Waals surface area contributed by atoms with Crippen molar-refractivity contribution in [1.82, 2.24) is 5.32 Å². The van der Waals surface area contributed by atoms with Gasteiger partial charge in [0.1, 0.15) is 16.9 Å². The molecule has 0 aliphatic heterocycles. The lowest BCUT2D eigenvalue weighted by molar-refractivity contribution is -0.858. The van der Waals surface area contributed by atoms with E-state index in [4.69, 9.17) is 8.83 Å². The van der Waals surface area contributed by atoms with Gasteiger partial charge in [0.2, 0.25) is 5.91 Å². The Kier molecular flexibility index (Phi) is 5.89. The third kappa shape index (κ3) is 4.12. The molecule has 2 aromatic heterocycles. The fourth-order valence-corrected chi connectivity index (χ4v) is 3.51. The quantitative estimate of drug-likeness (QED) is 0.482. The lowest BCUT2D eigenvalue weighted by Crippen LogP contribution is -3.05. The maximum atomic E-state index is 12.5. The molecule has 2 N–H and O–H groups in total. The summed E-state index contributed by atoms with van der Waals surface area (Å²) in [4.78, 5) is 25.9. The van der Waals surface area contributed by atoms with E-state index in [-0.39, 0.29) is 18.0 Å². The molecule has 0 spiro atoms. The molecule has 0 aliphatic rings. The van der Waals surface area contributed by atoms with Crippen molar-refractivity contribution in [1.29, 1.82) is 0 Å². The Hall–Kier alpha value is -2.60. The fraction of sp³-hybridized carbons (Fsp3) is 0.455. The maximum absolute atomic E-state index is 12.5. The molecule has 28 heavy (non-hydrogen) atoms. The smallest absolute Gasteiger partial charge is 0.339 e. The first-order valence-corrected chi connectivity index (χ1v) is 9.79. The molecule has 0 bridgehead atoms. The molecular weight excluding hydrogens is 356 g/mol. The number of carbonyl (C=O) groups is 1. The molecule has 2 heterocycles. The van der Waals surface area contributed by atoms with Crippen LogP contribution >= 0.6 is 0 Å². The van der Waals surface area contributed by atoms with Gasteiger partial charge in [-0.05, 0) is 44.4 Å². The second-order valence-electron chi connectivity index (χ2n) is 7.78. The third-order valence-corrected chi connectivity index (χ3v) is 5.36. The van der Waals surface area contributed by atoms with Crippen LogP contribution in [-0.2, 0) is 11.2 Å². The number of amides is 1. The zero-order chi connectivity index (χ0) is 20.4. The summed E-state index contributed by atoms with van der Waals surface area (Å²) < 4.78 is 11.3. The zero-order valence-electron chi connectivity index (χ0n) is 17.3. The number of aryl methyl sites for hydroxylation is 3. The number of hydrogen-bond donors (Lipinski definition) is 2. The van der Waals surface area contributed by atoms with Crippen molar-refractivity contribution in [3.63, 3.8) is 0 Å². The third-order valence-electron chi connectivity index (χ3n) is 5.36. The summed E-state index contributed by atoms with van der Waals surface area (Å²) in [5.41, 5.74) is 3.38. The summed E-state index contributed by atoms with van der Waals surface area (Å²) in [6, 6.07) is 3.80. The van der Waals surface area contributed by atoms with Crippen LogP contribution in [-0.4, -0.2) is 33.1 Å². The standard InChI is InChI=1S/C22H28N2O4/c1-13-15(3)27-19-12-20-18(11-17(13)19)14(2)16(22(26)28-20)7-8-21(25)23-9-6-10-24(4)5/h11-12H,6-10H2,1-5H3,(H,23,25)/p+1. The van der Waals surface area contributed by atoms with Crippen LogP contribution in [0.15, 0.2) is 25.8 Å². The van der Waals surface area contributed by atoms with Gasteiger partial charge in [-0.25, -0.2) is 4.79 Å². The van der Waals surface area contributed by atoms with Crippen molar-refractivity contribution in [3.8, 4) is 0 Å². The van der Waals surface area contributed by atoms with Crippen molar-refractivity contribution < 1.29 is 18.5 Å². The fourth-order valence-electron chi connectivity index (χ4n) is 3.51. The van der Waals surface area contributed by atoms with E-state index in [0.717, 1.165) is 46.2 Å². The van der Waals surface area contributed by atoms with E-state index in [9.17, 15) is 9.59 Å².